The zero-order chi connectivity index (χ0) is 30.8. The largest absolute Gasteiger partial charge is 0.384 e. The van der Waals surface area contributed by atoms with Gasteiger partial charge in [-0.3, -0.25) is 15.1 Å². The molecule has 0 atom stereocenters. The van der Waals surface area contributed by atoms with Crippen molar-refractivity contribution in [2.75, 3.05) is 39.0 Å². The van der Waals surface area contributed by atoms with Gasteiger partial charge in [0.15, 0.2) is 0 Å². The number of nitrogens with zero attached hydrogens (tertiary/aromatic N) is 4. The summed E-state index contributed by atoms with van der Waals surface area (Å²) < 4.78 is 14.7. The number of halogens is 1. The van der Waals surface area contributed by atoms with Gasteiger partial charge < -0.3 is 20.5 Å². The highest BCUT2D eigenvalue weighted by atomic mass is 19.1. The average Bonchev–Trinajstić information content (AvgIpc) is 3.80. The van der Waals surface area contributed by atoms with Gasteiger partial charge in [-0.15, -0.1) is 0 Å². The molecule has 6 aromatic rings. The Balaban J connectivity index is 1.17. The van der Waals surface area contributed by atoms with Crippen molar-refractivity contribution in [2.45, 2.75) is 32.2 Å². The summed E-state index contributed by atoms with van der Waals surface area (Å²) in [4.78, 5) is 14.9. The van der Waals surface area contributed by atoms with Gasteiger partial charge in [0.2, 0.25) is 0 Å². The van der Waals surface area contributed by atoms with Crippen molar-refractivity contribution in [3.05, 3.63) is 84.6 Å². The molecule has 0 aliphatic heterocycles. The number of nitrogens with one attached hydrogen (secondary N) is 4. The molecular formula is C36H39FN8. The minimum absolute atomic E-state index is 0.269. The molecule has 1 fully saturated rings. The highest BCUT2D eigenvalue weighted by Crippen LogP contribution is 2.36. The molecule has 9 heteroatoms. The van der Waals surface area contributed by atoms with Crippen LogP contribution >= 0.6 is 0 Å². The van der Waals surface area contributed by atoms with Gasteiger partial charge in [0.05, 0.1) is 23.1 Å². The van der Waals surface area contributed by atoms with Gasteiger partial charge in [-0.1, -0.05) is 25.0 Å². The topological polar surface area (TPSA) is 97.5 Å². The van der Waals surface area contributed by atoms with Crippen molar-refractivity contribution in [3.63, 3.8) is 0 Å². The lowest BCUT2D eigenvalue weighted by Gasteiger charge is -2.13. The van der Waals surface area contributed by atoms with E-state index in [9.17, 15) is 4.39 Å². The smallest absolute Gasteiger partial charge is 0.125 e. The number of hydrogen-bond acceptors (Lipinski definition) is 6. The highest BCUT2D eigenvalue weighted by Gasteiger charge is 2.17. The maximum Gasteiger partial charge on any atom is 0.125 e. The van der Waals surface area contributed by atoms with Crippen LogP contribution < -0.4 is 10.6 Å². The normalized spacial score (nSPS) is 13.9. The molecule has 4 N–H and O–H groups in total. The van der Waals surface area contributed by atoms with Crippen LogP contribution in [-0.4, -0.2) is 63.8 Å². The van der Waals surface area contributed by atoms with Crippen LogP contribution in [0.15, 0.2) is 73.2 Å². The molecule has 1 aliphatic rings. The number of pyridine rings is 2. The molecular weight excluding hydrogens is 563 g/mol. The standard InChI is InChI=1S/C36H39FN8/c1-45(2)11-10-40-28-14-25(13-27(37)15-28)29-8-5-9-32-30(29)16-34(42-32)36-31-17-33(41-22-35(31)43-44-36)26-12-24(20-39-21-26)19-38-18-23-6-3-4-7-23/h5,8-9,12-17,20-23,38,40,42H,3-4,6-7,10-11,18-19H2,1-2H3,(H,43,44). The van der Waals surface area contributed by atoms with E-state index < -0.39 is 0 Å². The summed E-state index contributed by atoms with van der Waals surface area (Å²) in [6.07, 6.45) is 11.0. The van der Waals surface area contributed by atoms with Crippen LogP contribution in [0.3, 0.4) is 0 Å². The number of fused-ring (bicyclic) bond motifs is 2. The van der Waals surface area contributed by atoms with Gasteiger partial charge in [-0.05, 0) is 98.6 Å². The fourth-order valence-electron chi connectivity index (χ4n) is 6.44. The van der Waals surface area contributed by atoms with E-state index in [-0.39, 0.29) is 5.82 Å². The summed E-state index contributed by atoms with van der Waals surface area (Å²) in [7, 11) is 4.04. The molecule has 230 valence electrons. The van der Waals surface area contributed by atoms with Crippen molar-refractivity contribution in [3.8, 4) is 33.8 Å². The SMILES string of the molecule is CN(C)CCNc1cc(F)cc(-c2cccc3[nH]c(-c4n[nH]c5cnc(-c6cncc(CNCC7CCCC7)c6)cc45)cc23)c1. The molecule has 0 radical (unpaired) electrons. The summed E-state index contributed by atoms with van der Waals surface area (Å²) in [5, 5.41) is 16.8. The lowest BCUT2D eigenvalue weighted by Crippen LogP contribution is -2.20. The summed E-state index contributed by atoms with van der Waals surface area (Å²) in [5.41, 5.74) is 9.02. The number of likely N-dealkylation sites (N-methyl/N-ethyl adjacent to an activating group) is 1. The van der Waals surface area contributed by atoms with Crippen LogP contribution in [0.5, 0.6) is 0 Å². The maximum atomic E-state index is 14.7. The molecule has 0 spiro atoms. The zero-order valence-electron chi connectivity index (χ0n) is 25.8. The molecule has 0 amide bonds. The third kappa shape index (κ3) is 6.45. The Morgan fingerprint density at radius 2 is 1.82 bits per heavy atom. The van der Waals surface area contributed by atoms with Gasteiger partial charge >= 0.3 is 0 Å². The van der Waals surface area contributed by atoms with E-state index in [0.29, 0.717) is 0 Å². The Morgan fingerprint density at radius 1 is 0.933 bits per heavy atom. The van der Waals surface area contributed by atoms with Crippen LogP contribution in [0.2, 0.25) is 0 Å². The van der Waals surface area contributed by atoms with Gasteiger partial charge in [-0.2, -0.15) is 5.10 Å². The van der Waals surface area contributed by atoms with Crippen LogP contribution in [0, 0.1) is 11.7 Å². The Hall–Kier alpha value is -4.60. The fraction of sp³-hybridized carbons (Fsp3) is 0.306. The molecule has 0 unspecified atom stereocenters. The van der Waals surface area contributed by atoms with E-state index in [4.69, 9.17) is 4.98 Å². The first-order chi connectivity index (χ1) is 22.0. The molecule has 4 heterocycles. The number of aromatic nitrogens is 5. The number of hydrogen-bond donors (Lipinski definition) is 4. The molecule has 7 rings (SSSR count). The second kappa shape index (κ2) is 12.8. The van der Waals surface area contributed by atoms with Gasteiger partial charge in [0.1, 0.15) is 11.5 Å². The molecule has 45 heavy (non-hydrogen) atoms. The van der Waals surface area contributed by atoms with Crippen molar-refractivity contribution in [1.29, 1.82) is 0 Å². The van der Waals surface area contributed by atoms with E-state index in [1.165, 1.54) is 25.7 Å². The lowest BCUT2D eigenvalue weighted by molar-refractivity contribution is 0.425. The monoisotopic (exact) mass is 602 g/mol. The first-order valence-electron chi connectivity index (χ1n) is 15.8. The molecule has 8 nitrogen and oxygen atoms in total. The number of aromatic amines is 2. The van der Waals surface area contributed by atoms with E-state index in [0.717, 1.165) is 98.9 Å². The summed E-state index contributed by atoms with van der Waals surface area (Å²) in [5.74, 6) is 0.529. The van der Waals surface area contributed by atoms with Crippen LogP contribution in [0.1, 0.15) is 31.2 Å². The minimum Gasteiger partial charge on any atom is -0.384 e. The lowest BCUT2D eigenvalue weighted by atomic mass is 10.0. The second-order valence-corrected chi connectivity index (χ2v) is 12.5. The van der Waals surface area contributed by atoms with E-state index in [1.807, 2.05) is 57.0 Å². The van der Waals surface area contributed by atoms with E-state index in [1.54, 1.807) is 12.1 Å². The second-order valence-electron chi connectivity index (χ2n) is 12.5. The third-order valence-electron chi connectivity index (χ3n) is 8.79. The molecule has 0 bridgehead atoms. The highest BCUT2D eigenvalue weighted by molar-refractivity contribution is 6.01. The molecule has 0 saturated heterocycles. The predicted octanol–water partition coefficient (Wildman–Crippen LogP) is 7.23. The van der Waals surface area contributed by atoms with Crippen LogP contribution in [-0.2, 0) is 6.54 Å². The van der Waals surface area contributed by atoms with Crippen molar-refractivity contribution in [2.24, 2.45) is 5.92 Å². The van der Waals surface area contributed by atoms with Gasteiger partial charge in [0, 0.05) is 59.6 Å². The summed E-state index contributed by atoms with van der Waals surface area (Å²) in [6, 6.07) is 17.6. The summed E-state index contributed by atoms with van der Waals surface area (Å²) in [6.45, 7) is 3.45. The van der Waals surface area contributed by atoms with Crippen LogP contribution in [0.25, 0.3) is 55.6 Å². The maximum absolute atomic E-state index is 14.7. The van der Waals surface area contributed by atoms with Crippen molar-refractivity contribution in [1.82, 2.24) is 35.4 Å². The minimum atomic E-state index is -0.269. The molecule has 4 aromatic heterocycles. The quantitative estimate of drug-likeness (QED) is 0.125. The van der Waals surface area contributed by atoms with Crippen molar-refractivity contribution < 1.29 is 4.39 Å². The Morgan fingerprint density at radius 3 is 2.69 bits per heavy atom. The number of benzene rings is 2. The first-order valence-corrected chi connectivity index (χ1v) is 15.8. The van der Waals surface area contributed by atoms with Crippen LogP contribution in [0.4, 0.5) is 10.1 Å². The van der Waals surface area contributed by atoms with Gasteiger partial charge in [0.25, 0.3) is 0 Å². The summed E-state index contributed by atoms with van der Waals surface area (Å²) >= 11 is 0. The Labute approximate surface area is 262 Å². The predicted molar refractivity (Wildman–Crippen MR) is 181 cm³/mol. The number of rotatable bonds is 11. The third-order valence-corrected chi connectivity index (χ3v) is 8.79. The zero-order valence-corrected chi connectivity index (χ0v) is 25.8. The Bertz CT molecular complexity index is 1930. The Kier molecular flexibility index (Phi) is 8.28. The average molecular weight is 603 g/mol. The van der Waals surface area contributed by atoms with Crippen molar-refractivity contribution >= 4 is 27.5 Å². The van der Waals surface area contributed by atoms with Gasteiger partial charge in [-0.25, -0.2) is 4.39 Å². The number of anilines is 1. The van der Waals surface area contributed by atoms with E-state index in [2.05, 4.69) is 53.9 Å². The first kappa shape index (κ1) is 29.1. The molecule has 1 aliphatic carbocycles. The van der Waals surface area contributed by atoms with E-state index >= 15 is 0 Å². The fourth-order valence-corrected chi connectivity index (χ4v) is 6.44. The molecule has 2 aromatic carbocycles. The number of H-pyrrole nitrogens is 2. The molecule has 1 saturated carbocycles.